The SMILES string of the molecule is NCc1ccc(C(=O)O)c2cc(C(=O)O)ccc12. The quantitative estimate of drug-likeness (QED) is 0.764. The van der Waals surface area contributed by atoms with Gasteiger partial charge in [-0.05, 0) is 34.5 Å². The maximum absolute atomic E-state index is 11.1. The lowest BCUT2D eigenvalue weighted by molar-refractivity contribution is 0.0685. The molecule has 5 heteroatoms. The van der Waals surface area contributed by atoms with Gasteiger partial charge in [0.15, 0.2) is 0 Å². The summed E-state index contributed by atoms with van der Waals surface area (Å²) in [7, 11) is 0. The van der Waals surface area contributed by atoms with Gasteiger partial charge in [-0.3, -0.25) is 0 Å². The maximum atomic E-state index is 11.1. The van der Waals surface area contributed by atoms with Gasteiger partial charge in [0.1, 0.15) is 0 Å². The van der Waals surface area contributed by atoms with Gasteiger partial charge in [-0.1, -0.05) is 12.1 Å². The standard InChI is InChI=1S/C13H11NO4/c14-6-8-2-4-10(13(17)18)11-5-7(12(15)16)1-3-9(8)11/h1-5H,6,14H2,(H,15,16)(H,17,18). The summed E-state index contributed by atoms with van der Waals surface area (Å²) in [5.41, 5.74) is 6.49. The molecule has 0 fully saturated rings. The molecule has 92 valence electrons. The van der Waals surface area contributed by atoms with E-state index in [1.165, 1.54) is 18.2 Å². The summed E-state index contributed by atoms with van der Waals surface area (Å²) >= 11 is 0. The van der Waals surface area contributed by atoms with E-state index in [0.717, 1.165) is 5.56 Å². The average Bonchev–Trinajstić information content (AvgIpc) is 2.36. The number of carboxylic acids is 2. The van der Waals surface area contributed by atoms with Crippen LogP contribution in [0.25, 0.3) is 10.8 Å². The molecule has 0 amide bonds. The van der Waals surface area contributed by atoms with Crippen molar-refractivity contribution in [3.8, 4) is 0 Å². The fourth-order valence-corrected chi connectivity index (χ4v) is 1.91. The van der Waals surface area contributed by atoms with Gasteiger partial charge in [0.2, 0.25) is 0 Å². The van der Waals surface area contributed by atoms with Crippen LogP contribution < -0.4 is 5.73 Å². The predicted molar refractivity (Wildman–Crippen MR) is 65.8 cm³/mol. The minimum atomic E-state index is -1.09. The molecule has 0 saturated carbocycles. The number of aromatic carboxylic acids is 2. The third kappa shape index (κ3) is 1.91. The van der Waals surface area contributed by atoms with Crippen molar-refractivity contribution >= 4 is 22.7 Å². The summed E-state index contributed by atoms with van der Waals surface area (Å²) in [6, 6.07) is 7.48. The minimum Gasteiger partial charge on any atom is -0.478 e. The van der Waals surface area contributed by atoms with Gasteiger partial charge in [-0.15, -0.1) is 0 Å². The first-order chi connectivity index (χ1) is 8.54. The first-order valence-electron chi connectivity index (χ1n) is 5.27. The number of carbonyl (C=O) groups is 2. The fourth-order valence-electron chi connectivity index (χ4n) is 1.91. The molecule has 5 nitrogen and oxygen atoms in total. The summed E-state index contributed by atoms with van der Waals surface area (Å²) in [6.45, 7) is 0.267. The van der Waals surface area contributed by atoms with E-state index in [1.807, 2.05) is 0 Å². The monoisotopic (exact) mass is 245 g/mol. The van der Waals surface area contributed by atoms with Crippen LogP contribution in [0.4, 0.5) is 0 Å². The van der Waals surface area contributed by atoms with E-state index in [2.05, 4.69) is 0 Å². The smallest absolute Gasteiger partial charge is 0.336 e. The normalized spacial score (nSPS) is 10.5. The van der Waals surface area contributed by atoms with Crippen LogP contribution in [-0.2, 0) is 6.54 Å². The van der Waals surface area contributed by atoms with Crippen molar-refractivity contribution in [2.75, 3.05) is 0 Å². The van der Waals surface area contributed by atoms with Crippen LogP contribution >= 0.6 is 0 Å². The number of fused-ring (bicyclic) bond motifs is 1. The van der Waals surface area contributed by atoms with Crippen molar-refractivity contribution in [1.29, 1.82) is 0 Å². The van der Waals surface area contributed by atoms with Crippen molar-refractivity contribution in [1.82, 2.24) is 0 Å². The number of rotatable bonds is 3. The third-order valence-electron chi connectivity index (χ3n) is 2.80. The van der Waals surface area contributed by atoms with Crippen molar-refractivity contribution in [3.63, 3.8) is 0 Å². The van der Waals surface area contributed by atoms with E-state index >= 15 is 0 Å². The van der Waals surface area contributed by atoms with E-state index in [9.17, 15) is 9.59 Å². The van der Waals surface area contributed by atoms with Gasteiger partial charge >= 0.3 is 11.9 Å². The summed E-state index contributed by atoms with van der Waals surface area (Å²) < 4.78 is 0. The van der Waals surface area contributed by atoms with E-state index in [0.29, 0.717) is 10.8 Å². The van der Waals surface area contributed by atoms with Crippen LogP contribution in [0.15, 0.2) is 30.3 Å². The highest BCUT2D eigenvalue weighted by Gasteiger charge is 2.13. The van der Waals surface area contributed by atoms with Crippen molar-refractivity contribution in [2.45, 2.75) is 6.54 Å². The lowest BCUT2D eigenvalue weighted by Crippen LogP contribution is -2.04. The highest BCUT2D eigenvalue weighted by atomic mass is 16.4. The van der Waals surface area contributed by atoms with E-state index < -0.39 is 11.9 Å². The fraction of sp³-hybridized carbons (Fsp3) is 0.0769. The Morgan fingerprint density at radius 2 is 1.72 bits per heavy atom. The molecular weight excluding hydrogens is 234 g/mol. The van der Waals surface area contributed by atoms with Gasteiger partial charge in [0.05, 0.1) is 11.1 Å². The first-order valence-corrected chi connectivity index (χ1v) is 5.27. The molecule has 0 radical (unpaired) electrons. The molecule has 0 spiro atoms. The molecule has 0 aliphatic rings. The number of hydrogen-bond acceptors (Lipinski definition) is 3. The molecule has 0 bridgehead atoms. The topological polar surface area (TPSA) is 101 Å². The van der Waals surface area contributed by atoms with Gasteiger partial charge < -0.3 is 15.9 Å². The van der Waals surface area contributed by atoms with E-state index in [4.69, 9.17) is 15.9 Å². The van der Waals surface area contributed by atoms with Gasteiger partial charge in [-0.2, -0.15) is 0 Å². The molecule has 0 aliphatic heterocycles. The van der Waals surface area contributed by atoms with Crippen LogP contribution in [0.5, 0.6) is 0 Å². The zero-order valence-electron chi connectivity index (χ0n) is 9.38. The number of hydrogen-bond donors (Lipinski definition) is 3. The zero-order valence-corrected chi connectivity index (χ0v) is 9.38. The summed E-state index contributed by atoms with van der Waals surface area (Å²) in [5.74, 6) is -2.18. The van der Waals surface area contributed by atoms with Gasteiger partial charge in [-0.25, -0.2) is 9.59 Å². The molecule has 0 atom stereocenters. The van der Waals surface area contributed by atoms with Crippen LogP contribution in [0.1, 0.15) is 26.3 Å². The molecule has 0 unspecified atom stereocenters. The highest BCUT2D eigenvalue weighted by molar-refractivity contribution is 6.06. The van der Waals surface area contributed by atoms with E-state index in [-0.39, 0.29) is 17.7 Å². The van der Waals surface area contributed by atoms with Crippen molar-refractivity contribution in [2.24, 2.45) is 5.73 Å². The first kappa shape index (κ1) is 12.1. The number of nitrogens with two attached hydrogens (primary N) is 1. The Labute approximate surface area is 102 Å². The van der Waals surface area contributed by atoms with Crippen LogP contribution in [0, 0.1) is 0 Å². The second kappa shape index (κ2) is 4.46. The molecule has 0 saturated heterocycles. The maximum Gasteiger partial charge on any atom is 0.336 e. The zero-order chi connectivity index (χ0) is 13.3. The second-order valence-electron chi connectivity index (χ2n) is 3.85. The number of benzene rings is 2. The molecule has 0 heterocycles. The Bertz CT molecular complexity index is 649. The second-order valence-corrected chi connectivity index (χ2v) is 3.85. The summed E-state index contributed by atoms with van der Waals surface area (Å²) in [6.07, 6.45) is 0. The van der Waals surface area contributed by atoms with Gasteiger partial charge in [0, 0.05) is 6.54 Å². The Kier molecular flexibility index (Phi) is 2.99. The molecule has 2 aromatic rings. The molecule has 18 heavy (non-hydrogen) atoms. The molecule has 0 aliphatic carbocycles. The lowest BCUT2D eigenvalue weighted by atomic mass is 9.97. The molecular formula is C13H11NO4. The number of carboxylic acid groups (broad SMARTS) is 2. The van der Waals surface area contributed by atoms with E-state index in [1.54, 1.807) is 12.1 Å². The van der Waals surface area contributed by atoms with Crippen LogP contribution in [-0.4, -0.2) is 22.2 Å². The largest absolute Gasteiger partial charge is 0.478 e. The Morgan fingerprint density at radius 1 is 1.00 bits per heavy atom. The van der Waals surface area contributed by atoms with Crippen molar-refractivity contribution < 1.29 is 19.8 Å². The minimum absolute atomic E-state index is 0.0548. The Morgan fingerprint density at radius 3 is 2.28 bits per heavy atom. The highest BCUT2D eigenvalue weighted by Crippen LogP contribution is 2.24. The van der Waals surface area contributed by atoms with Gasteiger partial charge in [0.25, 0.3) is 0 Å². The van der Waals surface area contributed by atoms with Crippen molar-refractivity contribution in [3.05, 3.63) is 47.0 Å². The molecule has 4 N–H and O–H groups in total. The molecule has 0 aromatic heterocycles. The molecule has 2 aromatic carbocycles. The summed E-state index contributed by atoms with van der Waals surface area (Å²) in [5, 5.41) is 19.1. The summed E-state index contributed by atoms with van der Waals surface area (Å²) in [4.78, 5) is 22.0. The Balaban J connectivity index is 2.83. The molecule has 2 rings (SSSR count). The lowest BCUT2D eigenvalue weighted by Gasteiger charge is -2.08. The Hall–Kier alpha value is -2.40. The third-order valence-corrected chi connectivity index (χ3v) is 2.80. The predicted octanol–water partition coefficient (Wildman–Crippen LogP) is 1.69. The van der Waals surface area contributed by atoms with Crippen LogP contribution in [0.3, 0.4) is 0 Å². The average molecular weight is 245 g/mol. The van der Waals surface area contributed by atoms with Crippen LogP contribution in [0.2, 0.25) is 0 Å².